The molecular weight excluding hydrogens is 309 g/mol. The van der Waals surface area contributed by atoms with Crippen molar-refractivity contribution >= 4 is 19.5 Å². The van der Waals surface area contributed by atoms with Gasteiger partial charge in [0.15, 0.2) is 0 Å². The number of hydrogen-bond donors (Lipinski definition) is 2. The lowest BCUT2D eigenvalue weighted by Crippen LogP contribution is -2.37. The highest BCUT2D eigenvalue weighted by Gasteiger charge is 2.33. The topological polar surface area (TPSA) is 102 Å². The van der Waals surface area contributed by atoms with Gasteiger partial charge in [0.1, 0.15) is 18.0 Å². The zero-order chi connectivity index (χ0) is 16.8. The van der Waals surface area contributed by atoms with E-state index in [2.05, 4.69) is 5.09 Å². The number of ether oxygens (including phenoxy) is 1. The summed E-state index contributed by atoms with van der Waals surface area (Å²) < 4.78 is 23.0. The van der Waals surface area contributed by atoms with Crippen LogP contribution in [0.5, 0.6) is 5.75 Å². The van der Waals surface area contributed by atoms with Gasteiger partial charge in [-0.3, -0.25) is 14.2 Å². The minimum Gasteiger partial charge on any atom is -0.481 e. The second-order valence-electron chi connectivity index (χ2n) is 4.97. The van der Waals surface area contributed by atoms with Crippen LogP contribution in [0.4, 0.5) is 0 Å². The molecule has 1 rings (SSSR count). The Balaban J connectivity index is 2.85. The Labute approximate surface area is 129 Å². The molecule has 122 valence electrons. The Morgan fingerprint density at radius 2 is 1.82 bits per heavy atom. The highest BCUT2D eigenvalue weighted by molar-refractivity contribution is 7.58. The maximum absolute atomic E-state index is 12.7. The van der Waals surface area contributed by atoms with E-state index >= 15 is 0 Å². The molecule has 2 atom stereocenters. The fourth-order valence-electron chi connectivity index (χ4n) is 1.62. The second-order valence-corrected chi connectivity index (χ2v) is 7.07. The molecule has 0 aliphatic rings. The lowest BCUT2D eigenvalue weighted by Gasteiger charge is -2.22. The van der Waals surface area contributed by atoms with E-state index in [4.69, 9.17) is 14.4 Å². The van der Waals surface area contributed by atoms with Gasteiger partial charge in [-0.15, -0.1) is 0 Å². The van der Waals surface area contributed by atoms with E-state index in [1.165, 1.54) is 6.92 Å². The molecule has 0 radical (unpaired) electrons. The predicted octanol–water partition coefficient (Wildman–Crippen LogP) is 2.27. The van der Waals surface area contributed by atoms with Gasteiger partial charge in [-0.2, -0.15) is 0 Å². The predicted molar refractivity (Wildman–Crippen MR) is 81.0 cm³/mol. The fourth-order valence-corrected chi connectivity index (χ4v) is 3.34. The van der Waals surface area contributed by atoms with Crippen LogP contribution in [0, 0.1) is 0 Å². The van der Waals surface area contributed by atoms with E-state index in [0.29, 0.717) is 0 Å². The summed E-state index contributed by atoms with van der Waals surface area (Å²) in [5.41, 5.74) is 0. The van der Waals surface area contributed by atoms with Crippen LogP contribution in [-0.2, 0) is 18.9 Å². The van der Waals surface area contributed by atoms with E-state index < -0.39 is 31.7 Å². The summed E-state index contributed by atoms with van der Waals surface area (Å²) in [5.74, 6) is -1.67. The molecule has 22 heavy (non-hydrogen) atoms. The van der Waals surface area contributed by atoms with Gasteiger partial charge < -0.3 is 14.4 Å². The van der Waals surface area contributed by atoms with Crippen molar-refractivity contribution < 1.29 is 28.5 Å². The first-order chi connectivity index (χ1) is 10.2. The van der Waals surface area contributed by atoms with Crippen molar-refractivity contribution in [2.45, 2.75) is 32.9 Å². The second kappa shape index (κ2) is 7.96. The Morgan fingerprint density at radius 1 is 1.23 bits per heavy atom. The molecular formula is C14H20NO6P. The van der Waals surface area contributed by atoms with Crippen molar-refractivity contribution in [1.29, 1.82) is 0 Å². The van der Waals surface area contributed by atoms with Crippen LogP contribution in [0.15, 0.2) is 30.3 Å². The number of rotatable bonds is 8. The highest BCUT2D eigenvalue weighted by atomic mass is 31.2. The lowest BCUT2D eigenvalue weighted by atomic mass is 10.3. The number of carboxylic acids is 1. The number of aliphatic carboxylic acids is 1. The molecule has 0 heterocycles. The number of carbonyl (C=O) groups excluding carboxylic acids is 1. The standard InChI is InChI=1S/C14H20NO6P/c1-10(2)20-14(18)11(3)15-22(19,9-13(16)17)21-12-7-5-4-6-8-12/h4-8,10-11H,9H2,1-3H3,(H,15,19)(H,16,17). The third kappa shape index (κ3) is 6.28. The molecule has 8 heteroatoms. The van der Waals surface area contributed by atoms with Crippen LogP contribution < -0.4 is 9.61 Å². The first-order valence-electron chi connectivity index (χ1n) is 6.75. The molecule has 0 saturated carbocycles. The third-order valence-corrected chi connectivity index (χ3v) is 4.41. The van der Waals surface area contributed by atoms with E-state index in [-0.39, 0.29) is 11.9 Å². The molecule has 0 saturated heterocycles. The molecule has 7 nitrogen and oxygen atoms in total. The quantitative estimate of drug-likeness (QED) is 0.557. The van der Waals surface area contributed by atoms with Crippen LogP contribution >= 0.6 is 7.52 Å². The van der Waals surface area contributed by atoms with Crippen LogP contribution in [0.25, 0.3) is 0 Å². The summed E-state index contributed by atoms with van der Waals surface area (Å²) in [6, 6.07) is 7.20. The first kappa shape index (κ1) is 18.2. The van der Waals surface area contributed by atoms with Crippen molar-refractivity contribution in [2.75, 3.05) is 6.16 Å². The normalized spacial score (nSPS) is 14.9. The van der Waals surface area contributed by atoms with Crippen LogP contribution in [0.1, 0.15) is 20.8 Å². The van der Waals surface area contributed by atoms with E-state index in [9.17, 15) is 14.2 Å². The molecule has 1 aromatic carbocycles. The van der Waals surface area contributed by atoms with Gasteiger partial charge in [0.05, 0.1) is 6.10 Å². The van der Waals surface area contributed by atoms with Crippen LogP contribution in [0.3, 0.4) is 0 Å². The molecule has 0 spiro atoms. The van der Waals surface area contributed by atoms with Gasteiger partial charge in [0.25, 0.3) is 0 Å². The van der Waals surface area contributed by atoms with E-state index in [1.54, 1.807) is 44.2 Å². The minimum atomic E-state index is -3.80. The van der Waals surface area contributed by atoms with Gasteiger partial charge in [0, 0.05) is 0 Å². The molecule has 2 unspecified atom stereocenters. The van der Waals surface area contributed by atoms with E-state index in [1.807, 2.05) is 0 Å². The Bertz CT molecular complexity index is 560. The third-order valence-electron chi connectivity index (χ3n) is 2.44. The maximum Gasteiger partial charge on any atom is 0.328 e. The number of nitrogens with one attached hydrogen (secondary N) is 1. The summed E-state index contributed by atoms with van der Waals surface area (Å²) in [6.45, 7) is 4.80. The SMILES string of the molecule is CC(C)OC(=O)C(C)NP(=O)(CC(=O)O)Oc1ccccc1. The summed E-state index contributed by atoms with van der Waals surface area (Å²) in [5, 5.41) is 11.4. The maximum atomic E-state index is 12.7. The molecule has 2 N–H and O–H groups in total. The summed E-state index contributed by atoms with van der Waals surface area (Å²) in [7, 11) is -3.80. The molecule has 0 bridgehead atoms. The minimum absolute atomic E-state index is 0.254. The van der Waals surface area contributed by atoms with Gasteiger partial charge in [-0.05, 0) is 32.9 Å². The zero-order valence-corrected chi connectivity index (χ0v) is 13.6. The van der Waals surface area contributed by atoms with Crippen molar-refractivity contribution in [3.63, 3.8) is 0 Å². The first-order valence-corrected chi connectivity index (χ1v) is 8.56. The van der Waals surface area contributed by atoms with Crippen molar-refractivity contribution in [2.24, 2.45) is 0 Å². The summed E-state index contributed by atoms with van der Waals surface area (Å²) >= 11 is 0. The lowest BCUT2D eigenvalue weighted by molar-refractivity contribution is -0.149. The fraction of sp³-hybridized carbons (Fsp3) is 0.429. The van der Waals surface area contributed by atoms with Crippen molar-refractivity contribution in [3.8, 4) is 5.75 Å². The number of esters is 1. The number of benzene rings is 1. The largest absolute Gasteiger partial charge is 0.481 e. The Kier molecular flexibility index (Phi) is 6.59. The smallest absolute Gasteiger partial charge is 0.328 e. The molecule has 0 aromatic heterocycles. The van der Waals surface area contributed by atoms with Crippen LogP contribution in [0.2, 0.25) is 0 Å². The molecule has 0 aliphatic carbocycles. The summed E-state index contributed by atoms with van der Waals surface area (Å²) in [6.07, 6.45) is -1.08. The molecule has 0 aliphatic heterocycles. The van der Waals surface area contributed by atoms with Gasteiger partial charge in [-0.1, -0.05) is 18.2 Å². The van der Waals surface area contributed by atoms with Crippen molar-refractivity contribution in [3.05, 3.63) is 30.3 Å². The Morgan fingerprint density at radius 3 is 2.32 bits per heavy atom. The number of para-hydroxylation sites is 1. The highest BCUT2D eigenvalue weighted by Crippen LogP contribution is 2.43. The number of hydrogen-bond acceptors (Lipinski definition) is 5. The van der Waals surface area contributed by atoms with Gasteiger partial charge >= 0.3 is 19.5 Å². The molecule has 0 amide bonds. The molecule has 1 aromatic rings. The molecule has 0 fully saturated rings. The van der Waals surface area contributed by atoms with Gasteiger partial charge in [-0.25, -0.2) is 5.09 Å². The van der Waals surface area contributed by atoms with Crippen molar-refractivity contribution in [1.82, 2.24) is 5.09 Å². The monoisotopic (exact) mass is 329 g/mol. The average molecular weight is 329 g/mol. The van der Waals surface area contributed by atoms with Gasteiger partial charge in [0.2, 0.25) is 0 Å². The summed E-state index contributed by atoms with van der Waals surface area (Å²) in [4.78, 5) is 22.7. The zero-order valence-electron chi connectivity index (χ0n) is 12.7. The van der Waals surface area contributed by atoms with E-state index in [0.717, 1.165) is 0 Å². The van der Waals surface area contributed by atoms with Crippen LogP contribution in [-0.4, -0.2) is 35.4 Å². The Hall–Kier alpha value is -1.85. The average Bonchev–Trinajstić information content (AvgIpc) is 2.37. The number of carbonyl (C=O) groups is 2. The number of carboxylic acid groups (broad SMARTS) is 1.